The van der Waals surface area contributed by atoms with E-state index in [1.165, 1.54) is 11.1 Å². The second kappa shape index (κ2) is 8.52. The fourth-order valence-electron chi connectivity index (χ4n) is 3.16. The monoisotopic (exact) mass is 352 g/mol. The minimum atomic E-state index is -0.246. The van der Waals surface area contributed by atoms with Crippen LogP contribution in [-0.2, 0) is 11.2 Å². The van der Waals surface area contributed by atoms with Crippen LogP contribution in [0.4, 0.5) is 0 Å². The number of aliphatic imine (C=N–C) groups is 1. The van der Waals surface area contributed by atoms with Crippen molar-refractivity contribution in [3.8, 4) is 5.75 Å². The average Bonchev–Trinajstić information content (AvgIpc) is 2.68. The van der Waals surface area contributed by atoms with Crippen molar-refractivity contribution in [1.29, 1.82) is 0 Å². The summed E-state index contributed by atoms with van der Waals surface area (Å²) in [7, 11) is 1.59. The van der Waals surface area contributed by atoms with E-state index in [0.717, 1.165) is 19.3 Å². The summed E-state index contributed by atoms with van der Waals surface area (Å²) in [6.45, 7) is 2.32. The van der Waals surface area contributed by atoms with Gasteiger partial charge in [0.15, 0.2) is 0 Å². The number of rotatable bonds is 4. The number of carbonyl (C=O) groups is 1. The lowest BCUT2D eigenvalue weighted by atomic mass is 9.88. The predicted molar refractivity (Wildman–Crippen MR) is 102 cm³/mol. The number of amidine groups is 1. The molecule has 0 heterocycles. The van der Waals surface area contributed by atoms with Crippen LogP contribution in [0.5, 0.6) is 5.75 Å². The Bertz CT molecular complexity index is 784. The van der Waals surface area contributed by atoms with Crippen molar-refractivity contribution < 1.29 is 14.3 Å². The molecular weight excluding hydrogens is 328 g/mol. The Morgan fingerprint density at radius 2 is 1.96 bits per heavy atom. The molecule has 0 radical (unpaired) electrons. The van der Waals surface area contributed by atoms with Crippen molar-refractivity contribution in [1.82, 2.24) is 5.32 Å². The highest BCUT2D eigenvalue weighted by Crippen LogP contribution is 2.32. The first-order valence-corrected chi connectivity index (χ1v) is 8.95. The molecule has 1 aliphatic carbocycles. The minimum absolute atomic E-state index is 0.0117. The van der Waals surface area contributed by atoms with Crippen molar-refractivity contribution in [2.45, 2.75) is 32.2 Å². The van der Waals surface area contributed by atoms with Crippen molar-refractivity contribution in [3.63, 3.8) is 0 Å². The van der Waals surface area contributed by atoms with E-state index in [4.69, 9.17) is 14.5 Å². The number of methoxy groups -OCH3 is 1. The van der Waals surface area contributed by atoms with Gasteiger partial charge in [0.1, 0.15) is 5.75 Å². The number of benzene rings is 2. The number of hydrogen-bond donors (Lipinski definition) is 1. The van der Waals surface area contributed by atoms with E-state index in [2.05, 4.69) is 23.5 Å². The molecule has 5 heteroatoms. The van der Waals surface area contributed by atoms with E-state index < -0.39 is 0 Å². The summed E-state index contributed by atoms with van der Waals surface area (Å²) in [6.07, 6.45) is 3.10. The number of nitrogens with zero attached hydrogens (tertiary/aromatic N) is 1. The molecule has 0 aliphatic heterocycles. The first-order chi connectivity index (χ1) is 12.7. The number of ether oxygens (including phenoxy) is 2. The smallest absolute Gasteiger partial charge is 0.292 e. The van der Waals surface area contributed by atoms with Crippen molar-refractivity contribution in [2.75, 3.05) is 13.7 Å². The van der Waals surface area contributed by atoms with E-state index in [-0.39, 0.29) is 18.0 Å². The zero-order chi connectivity index (χ0) is 18.4. The topological polar surface area (TPSA) is 59.9 Å². The van der Waals surface area contributed by atoms with Gasteiger partial charge in [-0.3, -0.25) is 10.1 Å². The number of amides is 1. The Morgan fingerprint density at radius 1 is 1.19 bits per heavy atom. The summed E-state index contributed by atoms with van der Waals surface area (Å²) in [5.41, 5.74) is 3.07. The Balaban J connectivity index is 1.78. The SMILES string of the molecule is CCOC(=N[C@H]1CCCc2ccccc21)NC(=O)c1ccc(OC)cc1. The molecule has 1 N–H and O–H groups in total. The molecule has 2 aromatic rings. The molecule has 0 fully saturated rings. The molecule has 2 aromatic carbocycles. The number of nitrogens with one attached hydrogen (secondary N) is 1. The minimum Gasteiger partial charge on any atom is -0.497 e. The van der Waals surface area contributed by atoms with Gasteiger partial charge in [-0.2, -0.15) is 0 Å². The van der Waals surface area contributed by atoms with Crippen LogP contribution >= 0.6 is 0 Å². The molecule has 1 atom stereocenters. The second-order valence-electron chi connectivity index (χ2n) is 6.16. The molecule has 1 amide bonds. The van der Waals surface area contributed by atoms with Crippen LogP contribution in [0, 0.1) is 0 Å². The van der Waals surface area contributed by atoms with Crippen LogP contribution in [-0.4, -0.2) is 25.6 Å². The molecule has 5 nitrogen and oxygen atoms in total. The largest absolute Gasteiger partial charge is 0.497 e. The highest BCUT2D eigenvalue weighted by atomic mass is 16.5. The first kappa shape index (κ1) is 18.0. The summed E-state index contributed by atoms with van der Waals surface area (Å²) >= 11 is 0. The van der Waals surface area contributed by atoms with Crippen LogP contribution < -0.4 is 10.1 Å². The summed E-state index contributed by atoms with van der Waals surface area (Å²) in [6, 6.07) is 15.6. The molecule has 0 spiro atoms. The Labute approximate surface area is 154 Å². The lowest BCUT2D eigenvalue weighted by Gasteiger charge is -2.23. The second-order valence-corrected chi connectivity index (χ2v) is 6.16. The third-order valence-electron chi connectivity index (χ3n) is 4.46. The zero-order valence-electron chi connectivity index (χ0n) is 15.2. The maximum Gasteiger partial charge on any atom is 0.292 e. The molecule has 0 saturated heterocycles. The molecule has 0 aromatic heterocycles. The number of carbonyl (C=O) groups excluding carboxylic acids is 1. The van der Waals surface area contributed by atoms with E-state index in [0.29, 0.717) is 17.9 Å². The molecule has 26 heavy (non-hydrogen) atoms. The van der Waals surface area contributed by atoms with Crippen LogP contribution in [0.2, 0.25) is 0 Å². The highest BCUT2D eigenvalue weighted by Gasteiger charge is 2.21. The van der Waals surface area contributed by atoms with Crippen molar-refractivity contribution in [3.05, 3.63) is 65.2 Å². The van der Waals surface area contributed by atoms with Gasteiger partial charge in [-0.25, -0.2) is 4.99 Å². The van der Waals surface area contributed by atoms with Crippen LogP contribution in [0.15, 0.2) is 53.5 Å². The molecule has 136 valence electrons. The van der Waals surface area contributed by atoms with Gasteiger partial charge in [0.05, 0.1) is 19.8 Å². The van der Waals surface area contributed by atoms with Gasteiger partial charge in [-0.05, 0) is 61.6 Å². The van der Waals surface area contributed by atoms with Gasteiger partial charge >= 0.3 is 0 Å². The summed E-state index contributed by atoms with van der Waals surface area (Å²) in [5, 5.41) is 2.80. The number of hydrogen-bond acceptors (Lipinski definition) is 4. The van der Waals surface area contributed by atoms with Gasteiger partial charge in [0.2, 0.25) is 0 Å². The first-order valence-electron chi connectivity index (χ1n) is 8.95. The fourth-order valence-corrected chi connectivity index (χ4v) is 3.16. The van der Waals surface area contributed by atoms with E-state index >= 15 is 0 Å². The fraction of sp³-hybridized carbons (Fsp3) is 0.333. The molecular formula is C21H24N2O3. The average molecular weight is 352 g/mol. The van der Waals surface area contributed by atoms with Gasteiger partial charge in [-0.1, -0.05) is 24.3 Å². The Kier molecular flexibility index (Phi) is 5.89. The lowest BCUT2D eigenvalue weighted by Crippen LogP contribution is -2.33. The van der Waals surface area contributed by atoms with E-state index in [1.54, 1.807) is 31.4 Å². The molecule has 0 unspecified atom stereocenters. The third-order valence-corrected chi connectivity index (χ3v) is 4.46. The van der Waals surface area contributed by atoms with Crippen molar-refractivity contribution in [2.24, 2.45) is 4.99 Å². The van der Waals surface area contributed by atoms with E-state index in [1.807, 2.05) is 13.0 Å². The summed E-state index contributed by atoms with van der Waals surface area (Å²) < 4.78 is 10.7. The van der Waals surface area contributed by atoms with Crippen molar-refractivity contribution >= 4 is 11.9 Å². The Hall–Kier alpha value is -2.82. The number of fused-ring (bicyclic) bond motifs is 1. The maximum absolute atomic E-state index is 12.5. The molecule has 0 bridgehead atoms. The standard InChI is InChI=1S/C21H24N2O3/c1-3-26-21(23-20(24)16-11-13-17(25-2)14-12-16)22-19-10-6-8-15-7-4-5-9-18(15)19/h4-5,7,9,11-14,19H,3,6,8,10H2,1-2H3,(H,22,23,24)/t19-/m0/s1. The number of aryl methyl sites for hydroxylation is 1. The normalized spacial score (nSPS) is 16.5. The summed E-state index contributed by atoms with van der Waals surface area (Å²) in [5.74, 6) is 0.461. The zero-order valence-corrected chi connectivity index (χ0v) is 15.2. The third kappa shape index (κ3) is 4.23. The van der Waals surface area contributed by atoms with Crippen LogP contribution in [0.1, 0.15) is 47.3 Å². The van der Waals surface area contributed by atoms with Gasteiger partial charge in [-0.15, -0.1) is 0 Å². The molecule has 0 saturated carbocycles. The van der Waals surface area contributed by atoms with E-state index in [9.17, 15) is 4.79 Å². The predicted octanol–water partition coefficient (Wildman–Crippen LogP) is 3.90. The highest BCUT2D eigenvalue weighted by molar-refractivity contribution is 6.04. The molecule has 1 aliphatic rings. The van der Waals surface area contributed by atoms with Gasteiger partial charge < -0.3 is 9.47 Å². The lowest BCUT2D eigenvalue weighted by molar-refractivity contribution is 0.0966. The quantitative estimate of drug-likeness (QED) is 0.671. The van der Waals surface area contributed by atoms with Crippen LogP contribution in [0.25, 0.3) is 0 Å². The van der Waals surface area contributed by atoms with Gasteiger partial charge in [0, 0.05) is 5.56 Å². The maximum atomic E-state index is 12.5. The Morgan fingerprint density at radius 3 is 2.69 bits per heavy atom. The van der Waals surface area contributed by atoms with Crippen LogP contribution in [0.3, 0.4) is 0 Å². The van der Waals surface area contributed by atoms with Gasteiger partial charge in [0.25, 0.3) is 11.9 Å². The summed E-state index contributed by atoms with van der Waals surface area (Å²) in [4.78, 5) is 17.2. The molecule has 3 rings (SSSR count).